The maximum atomic E-state index is 10.7. The maximum absolute atomic E-state index is 10.7. The molecule has 0 amide bonds. The first kappa shape index (κ1) is 14.6. The number of carboxylic acids is 1. The summed E-state index contributed by atoms with van der Waals surface area (Å²) in [6.07, 6.45) is -0.133. The molecule has 20 heavy (non-hydrogen) atoms. The van der Waals surface area contributed by atoms with Crippen molar-refractivity contribution in [2.24, 2.45) is 0 Å². The zero-order valence-corrected chi connectivity index (χ0v) is 12.7. The molecular formula is C15H10BrNO2S. The van der Waals surface area contributed by atoms with Crippen LogP contribution in [-0.4, -0.2) is 11.1 Å². The number of carbonyl (C=O) groups is 1. The highest BCUT2D eigenvalue weighted by Gasteiger charge is 2.08. The second-order valence-corrected chi connectivity index (χ2v) is 6.12. The summed E-state index contributed by atoms with van der Waals surface area (Å²) in [7, 11) is 0. The van der Waals surface area contributed by atoms with E-state index in [-0.39, 0.29) is 6.42 Å². The summed E-state index contributed by atoms with van der Waals surface area (Å²) in [5.41, 5.74) is 0.953. The molecule has 0 aliphatic rings. The van der Waals surface area contributed by atoms with Crippen molar-refractivity contribution in [1.82, 2.24) is 0 Å². The highest BCUT2D eigenvalue weighted by molar-refractivity contribution is 9.10. The summed E-state index contributed by atoms with van der Waals surface area (Å²) >= 11 is 4.91. The molecule has 0 fully saturated rings. The predicted molar refractivity (Wildman–Crippen MR) is 80.8 cm³/mol. The Labute approximate surface area is 129 Å². The highest BCUT2D eigenvalue weighted by atomic mass is 79.9. The van der Waals surface area contributed by atoms with Gasteiger partial charge in [0.05, 0.1) is 18.1 Å². The van der Waals surface area contributed by atoms with Crippen molar-refractivity contribution < 1.29 is 9.90 Å². The topological polar surface area (TPSA) is 61.1 Å². The highest BCUT2D eigenvalue weighted by Crippen LogP contribution is 2.30. The second kappa shape index (κ2) is 6.60. The van der Waals surface area contributed by atoms with Crippen LogP contribution in [0.3, 0.4) is 0 Å². The van der Waals surface area contributed by atoms with Gasteiger partial charge < -0.3 is 5.11 Å². The second-order valence-electron chi connectivity index (χ2n) is 4.06. The maximum Gasteiger partial charge on any atom is 0.307 e. The molecule has 5 heteroatoms. The Morgan fingerprint density at radius 1 is 1.20 bits per heavy atom. The van der Waals surface area contributed by atoms with Crippen molar-refractivity contribution in [3.63, 3.8) is 0 Å². The summed E-state index contributed by atoms with van der Waals surface area (Å²) in [6, 6.07) is 15.2. The van der Waals surface area contributed by atoms with E-state index < -0.39 is 5.97 Å². The normalized spacial score (nSPS) is 10.0. The van der Waals surface area contributed by atoms with Crippen LogP contribution in [0.25, 0.3) is 0 Å². The largest absolute Gasteiger partial charge is 0.481 e. The first-order chi connectivity index (χ1) is 9.58. The fourth-order valence-electron chi connectivity index (χ4n) is 1.68. The lowest BCUT2D eigenvalue weighted by Crippen LogP contribution is -2.02. The minimum absolute atomic E-state index is 0.133. The number of hydrogen-bond acceptors (Lipinski definition) is 3. The van der Waals surface area contributed by atoms with Gasteiger partial charge >= 0.3 is 5.97 Å². The molecule has 0 aromatic heterocycles. The number of nitrogens with zero attached hydrogens (tertiary/aromatic N) is 1. The molecule has 0 atom stereocenters. The molecule has 2 rings (SSSR count). The Hall–Kier alpha value is -1.77. The molecule has 0 saturated heterocycles. The van der Waals surface area contributed by atoms with Crippen LogP contribution in [-0.2, 0) is 11.2 Å². The number of hydrogen-bond donors (Lipinski definition) is 1. The molecule has 1 N–H and O–H groups in total. The van der Waals surface area contributed by atoms with Crippen molar-refractivity contribution in [3.05, 3.63) is 58.1 Å². The molecule has 3 nitrogen and oxygen atoms in total. The van der Waals surface area contributed by atoms with Gasteiger partial charge in [-0.3, -0.25) is 4.79 Å². The van der Waals surface area contributed by atoms with Gasteiger partial charge in [-0.25, -0.2) is 0 Å². The molecule has 0 aliphatic carbocycles. The van der Waals surface area contributed by atoms with Gasteiger partial charge in [0.2, 0.25) is 0 Å². The zero-order valence-electron chi connectivity index (χ0n) is 10.3. The van der Waals surface area contributed by atoms with E-state index in [2.05, 4.69) is 22.0 Å². The van der Waals surface area contributed by atoms with Gasteiger partial charge in [-0.15, -0.1) is 0 Å². The minimum atomic E-state index is -0.935. The molecule has 0 bridgehead atoms. The Kier molecular flexibility index (Phi) is 4.83. The van der Waals surface area contributed by atoms with Gasteiger partial charge in [0.1, 0.15) is 0 Å². The Morgan fingerprint density at radius 2 is 1.85 bits per heavy atom. The van der Waals surface area contributed by atoms with Crippen LogP contribution in [0.5, 0.6) is 0 Å². The van der Waals surface area contributed by atoms with Crippen LogP contribution in [0.2, 0.25) is 0 Å². The van der Waals surface area contributed by atoms with Crippen molar-refractivity contribution >= 4 is 33.7 Å². The van der Waals surface area contributed by atoms with Gasteiger partial charge in [0, 0.05) is 14.3 Å². The summed E-state index contributed by atoms with van der Waals surface area (Å²) in [5.74, 6) is -0.935. The quantitative estimate of drug-likeness (QED) is 0.904. The van der Waals surface area contributed by atoms with E-state index in [0.717, 1.165) is 14.3 Å². The van der Waals surface area contributed by atoms with E-state index in [0.29, 0.717) is 11.1 Å². The van der Waals surface area contributed by atoms with Crippen molar-refractivity contribution in [2.75, 3.05) is 0 Å². The SMILES string of the molecule is N#Cc1cc(Sc2ccc(Br)cc2)ccc1CC(=O)O. The minimum Gasteiger partial charge on any atom is -0.481 e. The Bertz CT molecular complexity index is 677. The molecule has 0 radical (unpaired) electrons. The van der Waals surface area contributed by atoms with E-state index in [1.54, 1.807) is 12.1 Å². The lowest BCUT2D eigenvalue weighted by Gasteiger charge is -2.05. The first-order valence-electron chi connectivity index (χ1n) is 5.77. The molecule has 0 heterocycles. The van der Waals surface area contributed by atoms with E-state index in [1.165, 1.54) is 11.8 Å². The summed E-state index contributed by atoms with van der Waals surface area (Å²) in [6.45, 7) is 0. The molecule has 0 unspecified atom stereocenters. The van der Waals surface area contributed by atoms with Crippen molar-refractivity contribution in [2.45, 2.75) is 16.2 Å². The van der Waals surface area contributed by atoms with Crippen LogP contribution >= 0.6 is 27.7 Å². The average molecular weight is 348 g/mol. The number of carboxylic acid groups (broad SMARTS) is 1. The number of benzene rings is 2. The average Bonchev–Trinajstić information content (AvgIpc) is 2.42. The lowest BCUT2D eigenvalue weighted by molar-refractivity contribution is -0.136. The number of nitriles is 1. The van der Waals surface area contributed by atoms with E-state index in [4.69, 9.17) is 10.4 Å². The first-order valence-corrected chi connectivity index (χ1v) is 7.37. The molecule has 2 aromatic rings. The third-order valence-electron chi connectivity index (χ3n) is 2.59. The fourth-order valence-corrected chi connectivity index (χ4v) is 2.80. The van der Waals surface area contributed by atoms with Crippen molar-refractivity contribution in [1.29, 1.82) is 5.26 Å². The van der Waals surface area contributed by atoms with Gasteiger partial charge in [-0.05, 0) is 42.0 Å². The molecule has 100 valence electrons. The van der Waals surface area contributed by atoms with Crippen molar-refractivity contribution in [3.8, 4) is 6.07 Å². The van der Waals surface area contributed by atoms with Gasteiger partial charge in [-0.1, -0.05) is 33.8 Å². The molecule has 0 saturated carbocycles. The summed E-state index contributed by atoms with van der Waals surface area (Å²) < 4.78 is 1.01. The van der Waals surface area contributed by atoms with E-state index in [1.807, 2.05) is 30.3 Å². The lowest BCUT2D eigenvalue weighted by atomic mass is 10.1. The number of halogens is 1. The third-order valence-corrected chi connectivity index (χ3v) is 4.12. The third kappa shape index (κ3) is 3.86. The van der Waals surface area contributed by atoms with E-state index >= 15 is 0 Å². The van der Waals surface area contributed by atoms with Crippen LogP contribution in [0.15, 0.2) is 56.7 Å². The summed E-state index contributed by atoms with van der Waals surface area (Å²) in [4.78, 5) is 12.7. The standard InChI is InChI=1S/C15H10BrNO2S/c16-12-2-5-13(6-3-12)20-14-4-1-10(8-15(18)19)11(7-14)9-17/h1-7H,8H2,(H,18,19). The molecule has 0 spiro atoms. The Morgan fingerprint density at radius 3 is 2.45 bits per heavy atom. The van der Waals surface area contributed by atoms with Gasteiger partial charge in [-0.2, -0.15) is 5.26 Å². The van der Waals surface area contributed by atoms with Crippen LogP contribution in [0, 0.1) is 11.3 Å². The number of rotatable bonds is 4. The van der Waals surface area contributed by atoms with Crippen LogP contribution < -0.4 is 0 Å². The van der Waals surface area contributed by atoms with Crippen LogP contribution in [0.4, 0.5) is 0 Å². The van der Waals surface area contributed by atoms with Gasteiger partial charge in [0.25, 0.3) is 0 Å². The molecular weight excluding hydrogens is 338 g/mol. The van der Waals surface area contributed by atoms with E-state index in [9.17, 15) is 4.79 Å². The zero-order chi connectivity index (χ0) is 14.5. The fraction of sp³-hybridized carbons (Fsp3) is 0.0667. The predicted octanol–water partition coefficient (Wildman–Crippen LogP) is 4.10. The van der Waals surface area contributed by atoms with Crippen LogP contribution in [0.1, 0.15) is 11.1 Å². The Balaban J connectivity index is 2.23. The molecule has 2 aromatic carbocycles. The monoisotopic (exact) mass is 347 g/mol. The smallest absolute Gasteiger partial charge is 0.307 e. The number of aliphatic carboxylic acids is 1. The molecule has 0 aliphatic heterocycles. The summed E-state index contributed by atoms with van der Waals surface area (Å²) in [5, 5.41) is 17.9. The van der Waals surface area contributed by atoms with Gasteiger partial charge in [0.15, 0.2) is 0 Å².